The van der Waals surface area contributed by atoms with E-state index in [1.165, 1.54) is 17.9 Å². The Kier molecular flexibility index (Phi) is 9.00. The quantitative estimate of drug-likeness (QED) is 0.189. The summed E-state index contributed by atoms with van der Waals surface area (Å²) in [5.41, 5.74) is 4.18. The first kappa shape index (κ1) is 34.2. The Morgan fingerprint density at radius 2 is 1.84 bits per heavy atom. The maximum absolute atomic E-state index is 14.4. The van der Waals surface area contributed by atoms with Crippen LogP contribution in [0, 0.1) is 23.7 Å². The highest BCUT2D eigenvalue weighted by molar-refractivity contribution is 5.83. The molecule has 15 heteroatoms. The van der Waals surface area contributed by atoms with E-state index in [1.807, 2.05) is 43.3 Å². The molecule has 0 amide bonds. The molecule has 0 radical (unpaired) electrons. The molecule has 1 aliphatic heterocycles. The number of nitriles is 1. The van der Waals surface area contributed by atoms with E-state index < -0.39 is 30.0 Å². The number of fused-ring (bicyclic) bond motifs is 2. The van der Waals surface area contributed by atoms with Crippen LogP contribution in [0.3, 0.4) is 0 Å². The van der Waals surface area contributed by atoms with Gasteiger partial charge in [-0.25, -0.2) is 9.97 Å². The van der Waals surface area contributed by atoms with Crippen molar-refractivity contribution in [1.29, 1.82) is 10.7 Å². The van der Waals surface area contributed by atoms with Crippen molar-refractivity contribution in [1.82, 2.24) is 24.4 Å². The number of aliphatic hydroxyl groups is 2. The Morgan fingerprint density at radius 3 is 2.55 bits per heavy atom. The van der Waals surface area contributed by atoms with E-state index in [0.29, 0.717) is 37.9 Å². The van der Waals surface area contributed by atoms with Gasteiger partial charge in [0.15, 0.2) is 16.6 Å². The molecule has 51 heavy (non-hydrogen) atoms. The minimum atomic E-state index is -4.84. The topological polar surface area (TPSA) is 167 Å². The molecule has 12 nitrogen and oxygen atoms in total. The van der Waals surface area contributed by atoms with Crippen LogP contribution in [0.2, 0.25) is 0 Å². The summed E-state index contributed by atoms with van der Waals surface area (Å²) in [4.78, 5) is 14.5. The highest BCUT2D eigenvalue weighted by Gasteiger charge is 2.41. The molecular formula is C36H34F3N7O5. The molecule has 1 fully saturated rings. The van der Waals surface area contributed by atoms with E-state index in [-0.39, 0.29) is 59.3 Å². The zero-order chi connectivity index (χ0) is 36.0. The van der Waals surface area contributed by atoms with Crippen LogP contribution in [0.1, 0.15) is 52.6 Å². The Hall–Kier alpha value is -5.30. The number of halogens is 3. The molecule has 2 aromatic carbocycles. The van der Waals surface area contributed by atoms with Gasteiger partial charge in [-0.3, -0.25) is 10.3 Å². The van der Waals surface area contributed by atoms with Gasteiger partial charge in [0.25, 0.3) is 0 Å². The second-order valence-electron chi connectivity index (χ2n) is 12.6. The number of oxazole rings is 1. The summed E-state index contributed by atoms with van der Waals surface area (Å²) in [6, 6.07) is 13.3. The summed E-state index contributed by atoms with van der Waals surface area (Å²) in [5, 5.41) is 37.6. The average Bonchev–Trinajstić information content (AvgIpc) is 3.85. The Balaban J connectivity index is 1.23. The third-order valence-electron chi connectivity index (χ3n) is 9.44. The second-order valence-corrected chi connectivity index (χ2v) is 12.6. The van der Waals surface area contributed by atoms with Gasteiger partial charge in [-0.1, -0.05) is 30.3 Å². The van der Waals surface area contributed by atoms with E-state index in [9.17, 15) is 28.6 Å². The maximum atomic E-state index is 14.4. The number of β-amino-alcohol motifs (C(OH)–C–C–N with tert-alkyl or cyclic N) is 1. The highest BCUT2D eigenvalue weighted by atomic mass is 19.4. The number of methoxy groups -OCH3 is 1. The molecule has 4 heterocycles. The molecular weight excluding hydrogens is 667 g/mol. The summed E-state index contributed by atoms with van der Waals surface area (Å²) in [6.45, 7) is 2.70. The molecule has 2 aliphatic rings. The average molecular weight is 702 g/mol. The zero-order valence-corrected chi connectivity index (χ0v) is 27.8. The molecule has 3 N–H and O–H groups in total. The first-order valence-corrected chi connectivity index (χ1v) is 16.4. The summed E-state index contributed by atoms with van der Waals surface area (Å²) in [7, 11) is 1.32. The second kappa shape index (κ2) is 13.4. The molecule has 1 saturated heterocycles. The number of aliphatic hydroxyl groups excluding tert-OH is 2. The van der Waals surface area contributed by atoms with Crippen LogP contribution in [-0.2, 0) is 25.7 Å². The predicted octanol–water partition coefficient (Wildman–Crippen LogP) is 5.07. The number of hydrogen-bond acceptors (Lipinski definition) is 11. The lowest BCUT2D eigenvalue weighted by atomic mass is 9.91. The van der Waals surface area contributed by atoms with Crippen molar-refractivity contribution in [3.63, 3.8) is 0 Å². The van der Waals surface area contributed by atoms with Gasteiger partial charge in [0.1, 0.15) is 23.4 Å². The van der Waals surface area contributed by atoms with Crippen LogP contribution in [0.25, 0.3) is 33.7 Å². The van der Waals surface area contributed by atoms with E-state index in [0.717, 1.165) is 27.8 Å². The van der Waals surface area contributed by atoms with Crippen molar-refractivity contribution in [2.45, 2.75) is 57.7 Å². The predicted molar refractivity (Wildman–Crippen MR) is 176 cm³/mol. The van der Waals surface area contributed by atoms with Crippen molar-refractivity contribution in [3.05, 3.63) is 81.7 Å². The van der Waals surface area contributed by atoms with Gasteiger partial charge in [0.05, 0.1) is 19.8 Å². The Morgan fingerprint density at radius 1 is 1.08 bits per heavy atom. The largest absolute Gasteiger partial charge is 0.480 e. The smallest absolute Gasteiger partial charge is 0.438 e. The first-order chi connectivity index (χ1) is 24.5. The maximum Gasteiger partial charge on any atom is 0.438 e. The third-order valence-corrected chi connectivity index (χ3v) is 9.44. The van der Waals surface area contributed by atoms with Crippen molar-refractivity contribution >= 4 is 11.1 Å². The lowest BCUT2D eigenvalue weighted by Gasteiger charge is -2.21. The van der Waals surface area contributed by atoms with Crippen molar-refractivity contribution in [3.8, 4) is 40.4 Å². The first-order valence-electron chi connectivity index (χ1n) is 16.4. The molecule has 2 atom stereocenters. The van der Waals surface area contributed by atoms with Gasteiger partial charge in [0.2, 0.25) is 23.3 Å². The molecule has 0 spiro atoms. The summed E-state index contributed by atoms with van der Waals surface area (Å²) in [6.07, 6.45) is -3.20. The fourth-order valence-corrected chi connectivity index (χ4v) is 6.98. The minimum Gasteiger partial charge on any atom is -0.480 e. The number of likely N-dealkylation sites (tertiary alicyclic amines) is 1. The number of nitrogens with zero attached hydrogens (tertiary/aromatic N) is 6. The number of alkyl halides is 3. The number of rotatable bonds is 9. The molecule has 7 rings (SSSR count). The number of nitrogens with one attached hydrogen (secondary N) is 1. The van der Waals surface area contributed by atoms with Gasteiger partial charge in [-0.05, 0) is 60.1 Å². The molecule has 264 valence electrons. The van der Waals surface area contributed by atoms with E-state index in [1.54, 1.807) is 4.90 Å². The summed E-state index contributed by atoms with van der Waals surface area (Å²) >= 11 is 0. The molecule has 0 bridgehead atoms. The van der Waals surface area contributed by atoms with Crippen LogP contribution in [0.4, 0.5) is 13.2 Å². The SMILES string of the molecule is COc1nc(O[C@H]2CCc3c(-c4cccc(-c5nc6c(=N)n(CCO)cc(C#N)c6o5)c4C)cccc32)c(C(F)(F)F)nc1CN1CC[C@@H](O)C1. The minimum absolute atomic E-state index is 0.00541. The Bertz CT molecular complexity index is 2240. The van der Waals surface area contributed by atoms with Gasteiger partial charge in [-0.2, -0.15) is 23.4 Å². The monoisotopic (exact) mass is 701 g/mol. The standard InChI is InChI=1S/C36H34F3N7O5/c1-19-22(5-3-6-23(19)33-43-29-30(51-33)20(15-40)16-46(13-14-47)32(29)41)24-7-4-8-26-25(24)9-10-28(26)50-35-31(36(37,38)39)42-27(34(44-35)49-2)18-45-12-11-21(48)17-45/h3-8,16,21,28,41,47-48H,9-14,17-18H2,1-2H3/t21-,28+/m1/s1. The molecule has 5 aromatic rings. The number of pyridine rings is 1. The number of aromatic nitrogens is 4. The molecule has 0 saturated carbocycles. The van der Waals surface area contributed by atoms with Crippen LogP contribution < -0.4 is 15.0 Å². The van der Waals surface area contributed by atoms with Crippen LogP contribution in [0.15, 0.2) is 47.0 Å². The van der Waals surface area contributed by atoms with E-state index in [4.69, 9.17) is 19.3 Å². The lowest BCUT2D eigenvalue weighted by molar-refractivity contribution is -0.143. The van der Waals surface area contributed by atoms with Crippen molar-refractivity contribution < 1.29 is 37.3 Å². The van der Waals surface area contributed by atoms with Crippen molar-refractivity contribution in [2.24, 2.45) is 0 Å². The Labute approximate surface area is 289 Å². The van der Waals surface area contributed by atoms with Gasteiger partial charge < -0.3 is 28.7 Å². The fourth-order valence-electron chi connectivity index (χ4n) is 6.98. The van der Waals surface area contributed by atoms with Crippen molar-refractivity contribution in [2.75, 3.05) is 26.8 Å². The van der Waals surface area contributed by atoms with Gasteiger partial charge in [0, 0.05) is 37.9 Å². The number of ether oxygens (including phenoxy) is 2. The van der Waals surface area contributed by atoms with Crippen LogP contribution in [-0.4, -0.2) is 67.5 Å². The molecule has 1 aliphatic carbocycles. The normalized spacial score (nSPS) is 17.5. The summed E-state index contributed by atoms with van der Waals surface area (Å²) in [5.74, 6) is -0.505. The fraction of sp³-hybridized carbons (Fsp3) is 0.361. The van der Waals surface area contributed by atoms with E-state index in [2.05, 4.69) is 21.0 Å². The third kappa shape index (κ3) is 6.30. The zero-order valence-electron chi connectivity index (χ0n) is 27.8. The highest BCUT2D eigenvalue weighted by Crippen LogP contribution is 2.44. The van der Waals surface area contributed by atoms with Gasteiger partial charge >= 0.3 is 6.18 Å². The molecule has 3 aromatic heterocycles. The summed E-state index contributed by atoms with van der Waals surface area (Å²) < 4.78 is 62.0. The lowest BCUT2D eigenvalue weighted by Crippen LogP contribution is -2.24. The van der Waals surface area contributed by atoms with Crippen LogP contribution >= 0.6 is 0 Å². The number of benzene rings is 2. The molecule has 0 unspecified atom stereocenters. The van der Waals surface area contributed by atoms with E-state index >= 15 is 0 Å². The van der Waals surface area contributed by atoms with Crippen LogP contribution in [0.5, 0.6) is 11.8 Å². The van der Waals surface area contributed by atoms with Gasteiger partial charge in [-0.15, -0.1) is 0 Å². The number of hydrogen-bond donors (Lipinski definition) is 3.